The second-order valence-corrected chi connectivity index (χ2v) is 7.90. The molecule has 1 unspecified atom stereocenters. The van der Waals surface area contributed by atoms with Crippen molar-refractivity contribution in [3.05, 3.63) is 59.7 Å². The van der Waals surface area contributed by atoms with Gasteiger partial charge >= 0.3 is 0 Å². The fourth-order valence-corrected chi connectivity index (χ4v) is 5.26. The van der Waals surface area contributed by atoms with Crippen LogP contribution < -0.4 is 10.1 Å². The number of hydrogen-bond acceptors (Lipinski definition) is 4. The highest BCUT2D eigenvalue weighted by Crippen LogP contribution is 2.34. The van der Waals surface area contributed by atoms with Crippen molar-refractivity contribution < 1.29 is 13.2 Å². The quantitative estimate of drug-likeness (QED) is 0.890. The van der Waals surface area contributed by atoms with Crippen LogP contribution in [0.25, 0.3) is 0 Å². The number of para-hydroxylation sites is 1. The maximum Gasteiger partial charge on any atom is 0.243 e. The third-order valence-electron chi connectivity index (χ3n) is 4.63. The monoisotopic (exact) mass is 360 g/mol. The molecule has 1 aliphatic rings. The van der Waals surface area contributed by atoms with E-state index in [1.54, 1.807) is 23.5 Å². The number of ether oxygens (including phenoxy) is 1. The van der Waals surface area contributed by atoms with Gasteiger partial charge in [0.25, 0.3) is 0 Å². The first-order chi connectivity index (χ1) is 12.1. The van der Waals surface area contributed by atoms with Crippen molar-refractivity contribution >= 4 is 10.0 Å². The number of benzene rings is 2. The Morgan fingerprint density at radius 2 is 1.88 bits per heavy atom. The summed E-state index contributed by atoms with van der Waals surface area (Å²) < 4.78 is 33.9. The molecule has 1 saturated heterocycles. The second kappa shape index (κ2) is 7.56. The molecule has 1 fully saturated rings. The smallest absolute Gasteiger partial charge is 0.243 e. The number of nitrogens with zero attached hydrogens (tertiary/aromatic N) is 1. The van der Waals surface area contributed by atoms with Crippen LogP contribution >= 0.6 is 0 Å². The van der Waals surface area contributed by atoms with Crippen LogP contribution in [-0.4, -0.2) is 39.5 Å². The maximum atomic E-state index is 13.4. The lowest BCUT2D eigenvalue weighted by Gasteiger charge is -2.36. The Kier molecular flexibility index (Phi) is 5.42. The van der Waals surface area contributed by atoms with Gasteiger partial charge in [-0.05, 0) is 24.1 Å². The van der Waals surface area contributed by atoms with Gasteiger partial charge in [-0.1, -0.05) is 43.3 Å². The second-order valence-electron chi connectivity index (χ2n) is 6.04. The molecule has 5 nitrogen and oxygen atoms in total. The zero-order valence-electron chi connectivity index (χ0n) is 14.6. The van der Waals surface area contributed by atoms with E-state index >= 15 is 0 Å². The summed E-state index contributed by atoms with van der Waals surface area (Å²) in [5.41, 5.74) is 1.73. The Hall–Kier alpha value is -1.89. The maximum absolute atomic E-state index is 13.4. The molecule has 6 heteroatoms. The number of methoxy groups -OCH3 is 1. The van der Waals surface area contributed by atoms with Gasteiger partial charge in [-0.25, -0.2) is 8.42 Å². The van der Waals surface area contributed by atoms with Crippen molar-refractivity contribution in [1.82, 2.24) is 9.62 Å². The summed E-state index contributed by atoms with van der Waals surface area (Å²) in [5.74, 6) is 0.708. The van der Waals surface area contributed by atoms with Crippen LogP contribution in [0.1, 0.15) is 24.1 Å². The number of piperazine rings is 1. The Morgan fingerprint density at radius 3 is 2.64 bits per heavy atom. The van der Waals surface area contributed by atoms with Gasteiger partial charge < -0.3 is 10.1 Å². The van der Waals surface area contributed by atoms with Crippen LogP contribution in [0.4, 0.5) is 0 Å². The van der Waals surface area contributed by atoms with Crippen LogP contribution in [0.2, 0.25) is 0 Å². The minimum absolute atomic E-state index is 0.292. The predicted molar refractivity (Wildman–Crippen MR) is 98.3 cm³/mol. The summed E-state index contributed by atoms with van der Waals surface area (Å²) in [5, 5.41) is 3.31. The number of sulfonamides is 1. The fraction of sp³-hybridized carbons (Fsp3) is 0.368. The molecule has 0 amide bonds. The third kappa shape index (κ3) is 3.42. The average Bonchev–Trinajstić information content (AvgIpc) is 2.67. The largest absolute Gasteiger partial charge is 0.496 e. The van der Waals surface area contributed by atoms with Crippen LogP contribution in [0.3, 0.4) is 0 Å². The van der Waals surface area contributed by atoms with Gasteiger partial charge in [-0.15, -0.1) is 0 Å². The van der Waals surface area contributed by atoms with E-state index < -0.39 is 10.0 Å². The van der Waals surface area contributed by atoms with Crippen molar-refractivity contribution in [1.29, 1.82) is 0 Å². The van der Waals surface area contributed by atoms with Gasteiger partial charge in [0.05, 0.1) is 18.0 Å². The molecule has 2 aromatic carbocycles. The van der Waals surface area contributed by atoms with Gasteiger partial charge in [-0.3, -0.25) is 0 Å². The Labute approximate surface area is 149 Å². The molecule has 25 heavy (non-hydrogen) atoms. The lowest BCUT2D eigenvalue weighted by molar-refractivity contribution is 0.264. The van der Waals surface area contributed by atoms with Crippen LogP contribution in [0.5, 0.6) is 5.75 Å². The zero-order valence-corrected chi connectivity index (χ0v) is 15.4. The van der Waals surface area contributed by atoms with Gasteiger partial charge in [-0.2, -0.15) is 4.31 Å². The molecule has 1 heterocycles. The van der Waals surface area contributed by atoms with Crippen molar-refractivity contribution in [2.75, 3.05) is 26.7 Å². The summed E-state index contributed by atoms with van der Waals surface area (Å²) in [7, 11) is -1.98. The molecule has 0 aromatic heterocycles. The fourth-order valence-electron chi connectivity index (χ4n) is 3.35. The molecular formula is C19H24N2O3S. The van der Waals surface area contributed by atoms with Gasteiger partial charge in [0.1, 0.15) is 5.75 Å². The molecule has 0 aliphatic carbocycles. The van der Waals surface area contributed by atoms with E-state index in [9.17, 15) is 8.42 Å². The molecule has 0 bridgehead atoms. The van der Waals surface area contributed by atoms with E-state index in [1.165, 1.54) is 0 Å². The van der Waals surface area contributed by atoms with E-state index in [2.05, 4.69) is 5.32 Å². The lowest BCUT2D eigenvalue weighted by Crippen LogP contribution is -2.48. The predicted octanol–water partition coefficient (Wildman–Crippen LogP) is 2.59. The molecule has 3 rings (SSSR count). The normalized spacial score (nSPS) is 18.9. The minimum atomic E-state index is -3.59. The first-order valence-electron chi connectivity index (χ1n) is 8.53. The van der Waals surface area contributed by atoms with Gasteiger partial charge in [0.15, 0.2) is 0 Å². The van der Waals surface area contributed by atoms with Crippen molar-refractivity contribution in [2.45, 2.75) is 24.3 Å². The SMILES string of the molecule is CCc1ccccc1S(=O)(=O)N1CCNCC1c1ccccc1OC. The highest BCUT2D eigenvalue weighted by atomic mass is 32.2. The summed E-state index contributed by atoms with van der Waals surface area (Å²) >= 11 is 0. The summed E-state index contributed by atoms with van der Waals surface area (Å²) in [4.78, 5) is 0.402. The van der Waals surface area contributed by atoms with Gasteiger partial charge in [0.2, 0.25) is 10.0 Å². The average molecular weight is 360 g/mol. The molecule has 1 aliphatic heterocycles. The lowest BCUT2D eigenvalue weighted by atomic mass is 10.0. The highest BCUT2D eigenvalue weighted by molar-refractivity contribution is 7.89. The number of rotatable bonds is 5. The van der Waals surface area contributed by atoms with Crippen molar-refractivity contribution in [2.24, 2.45) is 0 Å². The van der Waals surface area contributed by atoms with E-state index in [4.69, 9.17) is 4.74 Å². The molecule has 0 radical (unpaired) electrons. The Morgan fingerprint density at radius 1 is 1.16 bits per heavy atom. The molecule has 1 atom stereocenters. The topological polar surface area (TPSA) is 58.6 Å². The van der Waals surface area contributed by atoms with E-state index in [1.807, 2.05) is 43.3 Å². The van der Waals surface area contributed by atoms with E-state index in [-0.39, 0.29) is 6.04 Å². The van der Waals surface area contributed by atoms with E-state index in [0.29, 0.717) is 36.7 Å². The number of aryl methyl sites for hydroxylation is 1. The van der Waals surface area contributed by atoms with E-state index in [0.717, 1.165) is 11.1 Å². The van der Waals surface area contributed by atoms with Gasteiger partial charge in [0, 0.05) is 25.2 Å². The molecule has 134 valence electrons. The number of hydrogen-bond donors (Lipinski definition) is 1. The highest BCUT2D eigenvalue weighted by Gasteiger charge is 2.36. The zero-order chi connectivity index (χ0) is 17.9. The summed E-state index contributed by atoms with van der Waals surface area (Å²) in [6.07, 6.45) is 0.681. The molecule has 0 spiro atoms. The van der Waals surface area contributed by atoms with Crippen LogP contribution in [0.15, 0.2) is 53.4 Å². The molecule has 2 aromatic rings. The first-order valence-corrected chi connectivity index (χ1v) is 9.97. The molecular weight excluding hydrogens is 336 g/mol. The first kappa shape index (κ1) is 17.9. The van der Waals surface area contributed by atoms with Crippen LogP contribution in [0, 0.1) is 0 Å². The van der Waals surface area contributed by atoms with Crippen molar-refractivity contribution in [3.8, 4) is 5.75 Å². The third-order valence-corrected chi connectivity index (χ3v) is 6.64. The Balaban J connectivity index is 2.06. The molecule has 0 saturated carbocycles. The Bertz CT molecular complexity index is 836. The number of nitrogens with one attached hydrogen (secondary N) is 1. The summed E-state index contributed by atoms with van der Waals surface area (Å²) in [6.45, 7) is 3.61. The van der Waals surface area contributed by atoms with Crippen molar-refractivity contribution in [3.63, 3.8) is 0 Å². The van der Waals surface area contributed by atoms with Crippen LogP contribution in [-0.2, 0) is 16.4 Å². The minimum Gasteiger partial charge on any atom is -0.496 e. The molecule has 1 N–H and O–H groups in total. The standard InChI is InChI=1S/C19H24N2O3S/c1-3-15-8-4-7-11-19(15)25(22,23)21-13-12-20-14-17(21)16-9-5-6-10-18(16)24-2/h4-11,17,20H,3,12-14H2,1-2H3. The summed E-state index contributed by atoms with van der Waals surface area (Å²) in [6, 6.07) is 14.6.